The van der Waals surface area contributed by atoms with Crippen molar-refractivity contribution in [2.45, 2.75) is 0 Å². The average molecular weight is 393 g/mol. The van der Waals surface area contributed by atoms with E-state index in [1.54, 1.807) is 36.2 Å². The molecule has 2 amide bonds. The highest BCUT2D eigenvalue weighted by Gasteiger charge is 2.20. The van der Waals surface area contributed by atoms with Gasteiger partial charge in [0.1, 0.15) is 5.75 Å². The van der Waals surface area contributed by atoms with Crippen molar-refractivity contribution in [3.8, 4) is 22.9 Å². The molecule has 0 atom stereocenters. The molecule has 1 saturated heterocycles. The van der Waals surface area contributed by atoms with E-state index < -0.39 is 0 Å². The minimum absolute atomic E-state index is 0.0276. The summed E-state index contributed by atoms with van der Waals surface area (Å²) >= 11 is 0. The van der Waals surface area contributed by atoms with Crippen molar-refractivity contribution >= 4 is 11.8 Å². The molecule has 0 saturated carbocycles. The summed E-state index contributed by atoms with van der Waals surface area (Å²) in [6.45, 7) is 2.07. The van der Waals surface area contributed by atoms with Gasteiger partial charge < -0.3 is 19.3 Å². The molecule has 1 aliphatic rings. The van der Waals surface area contributed by atoms with Gasteiger partial charge >= 0.3 is 0 Å². The minimum atomic E-state index is -0.261. The lowest BCUT2D eigenvalue weighted by Crippen LogP contribution is -2.46. The first-order valence-corrected chi connectivity index (χ1v) is 9.39. The largest absolute Gasteiger partial charge is 0.484 e. The van der Waals surface area contributed by atoms with E-state index in [1.165, 1.54) is 4.90 Å². The Morgan fingerprint density at radius 1 is 1.07 bits per heavy atom. The molecule has 1 fully saturated rings. The quantitative estimate of drug-likeness (QED) is 0.749. The Kier molecular flexibility index (Phi) is 6.82. The predicted molar refractivity (Wildman–Crippen MR) is 107 cm³/mol. The van der Waals surface area contributed by atoms with Gasteiger partial charge in [0.25, 0.3) is 5.91 Å². The van der Waals surface area contributed by atoms with Crippen molar-refractivity contribution in [2.75, 3.05) is 46.5 Å². The van der Waals surface area contributed by atoms with Crippen molar-refractivity contribution in [3.05, 3.63) is 54.1 Å². The van der Waals surface area contributed by atoms with E-state index in [9.17, 15) is 9.59 Å². The summed E-state index contributed by atoms with van der Waals surface area (Å²) in [6.07, 6.45) is 0. The molecule has 3 rings (SSSR count). The lowest BCUT2D eigenvalue weighted by atomic mass is 10.0. The molecule has 0 radical (unpaired) electrons. The van der Waals surface area contributed by atoms with Crippen LogP contribution < -0.4 is 4.74 Å². The second-order valence-corrected chi connectivity index (χ2v) is 6.75. The van der Waals surface area contributed by atoms with Crippen LogP contribution in [0.3, 0.4) is 0 Å². The van der Waals surface area contributed by atoms with Crippen LogP contribution in [0.5, 0.6) is 5.75 Å². The van der Waals surface area contributed by atoms with Crippen LogP contribution in [0.2, 0.25) is 0 Å². The number of ether oxygens (including phenoxy) is 2. The normalized spacial score (nSPS) is 13.4. The second-order valence-electron chi connectivity index (χ2n) is 6.75. The monoisotopic (exact) mass is 393 g/mol. The Balaban J connectivity index is 1.49. The van der Waals surface area contributed by atoms with Crippen LogP contribution in [0.25, 0.3) is 11.1 Å². The molecule has 1 aliphatic heterocycles. The Morgan fingerprint density at radius 3 is 2.24 bits per heavy atom. The standard InChI is InChI=1S/C22H23N3O4/c1-24(15-21(26)25-10-12-28-13-11-25)22(27)16-29-20-8-6-19(7-9-20)18-4-2-17(14-23)3-5-18/h2-9H,10-13,15-16H2,1H3. The summed E-state index contributed by atoms with van der Waals surface area (Å²) in [5.74, 6) is 0.224. The van der Waals surface area contributed by atoms with E-state index >= 15 is 0 Å². The maximum Gasteiger partial charge on any atom is 0.260 e. The summed E-state index contributed by atoms with van der Waals surface area (Å²) in [5, 5.41) is 8.87. The van der Waals surface area contributed by atoms with Gasteiger partial charge in [0.15, 0.2) is 6.61 Å². The Bertz CT molecular complexity index is 882. The number of hydrogen-bond donors (Lipinski definition) is 0. The smallest absolute Gasteiger partial charge is 0.260 e. The lowest BCUT2D eigenvalue weighted by molar-refractivity contribution is -0.142. The van der Waals surface area contributed by atoms with E-state index in [-0.39, 0.29) is 25.0 Å². The van der Waals surface area contributed by atoms with Gasteiger partial charge in [0, 0.05) is 20.1 Å². The fourth-order valence-corrected chi connectivity index (χ4v) is 2.94. The van der Waals surface area contributed by atoms with Crippen LogP contribution in [0.1, 0.15) is 5.56 Å². The topological polar surface area (TPSA) is 82.9 Å². The average Bonchev–Trinajstić information content (AvgIpc) is 2.78. The molecule has 7 nitrogen and oxygen atoms in total. The number of likely N-dealkylation sites (N-methyl/N-ethyl adjacent to an activating group) is 1. The van der Waals surface area contributed by atoms with Crippen LogP contribution in [0, 0.1) is 11.3 Å². The fourth-order valence-electron chi connectivity index (χ4n) is 2.94. The lowest BCUT2D eigenvalue weighted by Gasteiger charge is -2.28. The molecule has 0 bridgehead atoms. The van der Waals surface area contributed by atoms with Gasteiger partial charge in [-0.2, -0.15) is 5.26 Å². The number of hydrogen-bond acceptors (Lipinski definition) is 5. The number of carbonyl (C=O) groups excluding carboxylic acids is 2. The molecular weight excluding hydrogens is 370 g/mol. The molecule has 0 spiro atoms. The second kappa shape index (κ2) is 9.71. The first kappa shape index (κ1) is 20.4. The van der Waals surface area contributed by atoms with Gasteiger partial charge in [-0.1, -0.05) is 24.3 Å². The molecule has 29 heavy (non-hydrogen) atoms. The Morgan fingerprint density at radius 2 is 1.66 bits per heavy atom. The number of nitrogens with zero attached hydrogens (tertiary/aromatic N) is 3. The van der Waals surface area contributed by atoms with Gasteiger partial charge in [0.05, 0.1) is 31.4 Å². The van der Waals surface area contributed by atoms with Crippen LogP contribution in [-0.2, 0) is 14.3 Å². The van der Waals surface area contributed by atoms with Crippen LogP contribution in [0.15, 0.2) is 48.5 Å². The summed E-state index contributed by atoms with van der Waals surface area (Å²) in [4.78, 5) is 27.6. The van der Waals surface area contributed by atoms with Gasteiger partial charge in [-0.25, -0.2) is 0 Å². The number of morpholine rings is 1. The van der Waals surface area contributed by atoms with Crippen LogP contribution in [0.4, 0.5) is 0 Å². The fraction of sp³-hybridized carbons (Fsp3) is 0.318. The number of nitriles is 1. The summed E-state index contributed by atoms with van der Waals surface area (Å²) in [6, 6.07) is 16.8. The first-order valence-electron chi connectivity index (χ1n) is 9.39. The van der Waals surface area contributed by atoms with E-state index in [0.29, 0.717) is 37.6 Å². The van der Waals surface area contributed by atoms with Gasteiger partial charge in [-0.3, -0.25) is 9.59 Å². The SMILES string of the molecule is CN(CC(=O)N1CCOCC1)C(=O)COc1ccc(-c2ccc(C#N)cc2)cc1. The summed E-state index contributed by atoms with van der Waals surface area (Å²) in [7, 11) is 1.60. The van der Waals surface area contributed by atoms with Gasteiger partial charge in [-0.15, -0.1) is 0 Å². The minimum Gasteiger partial charge on any atom is -0.484 e. The number of carbonyl (C=O) groups is 2. The van der Waals surface area contributed by atoms with Crippen molar-refractivity contribution in [3.63, 3.8) is 0 Å². The van der Waals surface area contributed by atoms with Crippen molar-refractivity contribution in [1.82, 2.24) is 9.80 Å². The summed E-state index contributed by atoms with van der Waals surface area (Å²) < 4.78 is 10.8. The van der Waals surface area contributed by atoms with Crippen molar-refractivity contribution in [2.24, 2.45) is 0 Å². The zero-order chi connectivity index (χ0) is 20.6. The van der Waals surface area contributed by atoms with Crippen LogP contribution >= 0.6 is 0 Å². The zero-order valence-electron chi connectivity index (χ0n) is 16.3. The maximum absolute atomic E-state index is 12.3. The molecule has 2 aromatic rings. The highest BCUT2D eigenvalue weighted by Crippen LogP contribution is 2.22. The predicted octanol–water partition coefficient (Wildman–Crippen LogP) is 1.92. The Hall–Kier alpha value is -3.37. The third-order valence-corrected chi connectivity index (χ3v) is 4.73. The zero-order valence-corrected chi connectivity index (χ0v) is 16.3. The van der Waals surface area contributed by atoms with Gasteiger partial charge in [0.2, 0.25) is 5.91 Å². The molecule has 2 aromatic carbocycles. The van der Waals surface area contributed by atoms with E-state index in [1.807, 2.05) is 24.3 Å². The number of rotatable bonds is 6. The third-order valence-electron chi connectivity index (χ3n) is 4.73. The molecular formula is C22H23N3O4. The third kappa shape index (κ3) is 5.56. The van der Waals surface area contributed by atoms with E-state index in [0.717, 1.165) is 11.1 Å². The first-order chi connectivity index (χ1) is 14.1. The summed E-state index contributed by atoms with van der Waals surface area (Å²) in [5.41, 5.74) is 2.60. The van der Waals surface area contributed by atoms with Crippen molar-refractivity contribution < 1.29 is 19.1 Å². The molecule has 0 aromatic heterocycles. The molecule has 0 aliphatic carbocycles. The van der Waals surface area contributed by atoms with E-state index in [2.05, 4.69) is 6.07 Å². The molecule has 1 heterocycles. The molecule has 0 N–H and O–H groups in total. The number of benzene rings is 2. The highest BCUT2D eigenvalue weighted by atomic mass is 16.5. The van der Waals surface area contributed by atoms with Gasteiger partial charge in [-0.05, 0) is 35.4 Å². The maximum atomic E-state index is 12.3. The highest BCUT2D eigenvalue weighted by molar-refractivity contribution is 5.85. The number of amides is 2. The molecule has 7 heteroatoms. The molecule has 0 unspecified atom stereocenters. The van der Waals surface area contributed by atoms with Crippen LogP contribution in [-0.4, -0.2) is 68.1 Å². The Labute approximate surface area is 170 Å². The molecule has 150 valence electrons. The van der Waals surface area contributed by atoms with Crippen molar-refractivity contribution in [1.29, 1.82) is 5.26 Å². The van der Waals surface area contributed by atoms with E-state index in [4.69, 9.17) is 14.7 Å².